The van der Waals surface area contributed by atoms with Crippen LogP contribution in [0.25, 0.3) is 0 Å². The Labute approximate surface area is 113 Å². The summed E-state index contributed by atoms with van der Waals surface area (Å²) in [6.45, 7) is 2.20. The van der Waals surface area contributed by atoms with E-state index in [1.807, 2.05) is 25.1 Å². The lowest BCUT2D eigenvalue weighted by molar-refractivity contribution is -0.175. The van der Waals surface area contributed by atoms with Crippen LogP contribution in [0.2, 0.25) is 0 Å². The predicted octanol–water partition coefficient (Wildman–Crippen LogP) is 2.41. The molecule has 0 aliphatic carbocycles. The van der Waals surface area contributed by atoms with Crippen LogP contribution in [0.1, 0.15) is 17.3 Å². The van der Waals surface area contributed by atoms with E-state index in [9.17, 15) is 4.79 Å². The van der Waals surface area contributed by atoms with Gasteiger partial charge in [0, 0.05) is 13.0 Å². The van der Waals surface area contributed by atoms with Crippen molar-refractivity contribution in [2.75, 3.05) is 13.7 Å². The summed E-state index contributed by atoms with van der Waals surface area (Å²) in [7, 11) is 1.60. The fourth-order valence-electron chi connectivity index (χ4n) is 1.91. The number of rotatable bonds is 4. The predicted molar refractivity (Wildman–Crippen MR) is 70.7 cm³/mol. The number of carbonyl (C=O) groups excluding carboxylic acids is 1. The number of hydrogen-bond donors (Lipinski definition) is 0. The van der Waals surface area contributed by atoms with Gasteiger partial charge in [0.1, 0.15) is 12.7 Å². The van der Waals surface area contributed by atoms with Gasteiger partial charge < -0.3 is 14.2 Å². The molecular formula is C15H18O4. The van der Waals surface area contributed by atoms with Gasteiger partial charge in [-0.15, -0.1) is 0 Å². The molecule has 4 heteroatoms. The van der Waals surface area contributed by atoms with Crippen LogP contribution in [0, 0.1) is 5.92 Å². The molecule has 102 valence electrons. The second-order valence-electron chi connectivity index (χ2n) is 4.49. The maximum Gasteiger partial charge on any atom is 0.338 e. The van der Waals surface area contributed by atoms with Crippen molar-refractivity contribution in [1.29, 1.82) is 0 Å². The van der Waals surface area contributed by atoms with Crippen LogP contribution in [-0.2, 0) is 14.2 Å². The first-order valence-electron chi connectivity index (χ1n) is 6.29. The van der Waals surface area contributed by atoms with E-state index < -0.39 is 0 Å². The van der Waals surface area contributed by atoms with Gasteiger partial charge in [-0.25, -0.2) is 4.79 Å². The van der Waals surface area contributed by atoms with Crippen LogP contribution in [0.4, 0.5) is 0 Å². The lowest BCUT2D eigenvalue weighted by Crippen LogP contribution is -2.34. The van der Waals surface area contributed by atoms with Crippen molar-refractivity contribution in [3.63, 3.8) is 0 Å². The standard InChI is InChI=1S/C15H18O4/c1-11-8-9-13(19-15(11)17-2)10-18-14(16)12-6-4-3-5-7-12/h3-9,11,13,15H,10H2,1-2H3/t11-,13-,15-/m0/s1. The average Bonchev–Trinajstić information content (AvgIpc) is 2.47. The Kier molecular flexibility index (Phi) is 4.71. The Hall–Kier alpha value is -1.65. The Balaban J connectivity index is 1.86. The molecule has 1 aromatic rings. The van der Waals surface area contributed by atoms with Gasteiger partial charge in [-0.1, -0.05) is 37.3 Å². The maximum atomic E-state index is 11.8. The molecule has 0 unspecified atom stereocenters. The van der Waals surface area contributed by atoms with Gasteiger partial charge >= 0.3 is 5.97 Å². The third kappa shape index (κ3) is 3.66. The number of benzene rings is 1. The number of ether oxygens (including phenoxy) is 3. The summed E-state index contributed by atoms with van der Waals surface area (Å²) in [5.74, 6) is -0.142. The lowest BCUT2D eigenvalue weighted by atomic mass is 10.1. The summed E-state index contributed by atoms with van der Waals surface area (Å²) >= 11 is 0. The minimum atomic E-state index is -0.342. The molecule has 1 aliphatic rings. The van der Waals surface area contributed by atoms with Crippen LogP contribution in [0.3, 0.4) is 0 Å². The molecule has 0 N–H and O–H groups in total. The highest BCUT2D eigenvalue weighted by Gasteiger charge is 2.24. The molecule has 3 atom stereocenters. The minimum Gasteiger partial charge on any atom is -0.459 e. The Morgan fingerprint density at radius 1 is 1.26 bits per heavy atom. The minimum absolute atomic E-state index is 0.191. The summed E-state index contributed by atoms with van der Waals surface area (Å²) in [5.41, 5.74) is 0.541. The highest BCUT2D eigenvalue weighted by molar-refractivity contribution is 5.89. The zero-order valence-electron chi connectivity index (χ0n) is 11.1. The molecule has 0 saturated heterocycles. The van der Waals surface area contributed by atoms with Crippen LogP contribution in [0.5, 0.6) is 0 Å². The van der Waals surface area contributed by atoms with Crippen LogP contribution < -0.4 is 0 Å². The van der Waals surface area contributed by atoms with E-state index >= 15 is 0 Å². The average molecular weight is 262 g/mol. The smallest absolute Gasteiger partial charge is 0.338 e. The normalized spacial score (nSPS) is 26.1. The molecule has 0 saturated carbocycles. The zero-order valence-corrected chi connectivity index (χ0v) is 11.1. The molecule has 2 rings (SSSR count). The molecule has 1 aliphatic heterocycles. The SMILES string of the molecule is CO[C@H]1O[C@H](COC(=O)c2ccccc2)C=C[C@@H]1C. The van der Waals surface area contributed by atoms with Crippen molar-refractivity contribution in [2.24, 2.45) is 5.92 Å². The first-order chi connectivity index (χ1) is 9.20. The van der Waals surface area contributed by atoms with Gasteiger partial charge in [-0.3, -0.25) is 0 Å². The van der Waals surface area contributed by atoms with Crippen molar-refractivity contribution in [3.8, 4) is 0 Å². The number of carbonyl (C=O) groups is 1. The van der Waals surface area contributed by atoms with Crippen molar-refractivity contribution < 1.29 is 19.0 Å². The second kappa shape index (κ2) is 6.50. The van der Waals surface area contributed by atoms with Crippen LogP contribution >= 0.6 is 0 Å². The molecule has 0 bridgehead atoms. The fourth-order valence-corrected chi connectivity index (χ4v) is 1.91. The second-order valence-corrected chi connectivity index (χ2v) is 4.49. The topological polar surface area (TPSA) is 44.8 Å². The highest BCUT2D eigenvalue weighted by Crippen LogP contribution is 2.19. The molecule has 1 aromatic carbocycles. The number of hydrogen-bond acceptors (Lipinski definition) is 4. The molecule has 4 nitrogen and oxygen atoms in total. The van der Waals surface area contributed by atoms with E-state index in [1.54, 1.807) is 31.4 Å². The van der Waals surface area contributed by atoms with Crippen molar-refractivity contribution in [1.82, 2.24) is 0 Å². The van der Waals surface area contributed by atoms with E-state index in [2.05, 4.69) is 0 Å². The Bertz CT molecular complexity index is 441. The Morgan fingerprint density at radius 2 is 2.00 bits per heavy atom. The Morgan fingerprint density at radius 3 is 2.68 bits per heavy atom. The number of methoxy groups -OCH3 is 1. The van der Waals surface area contributed by atoms with Gasteiger partial charge in [-0.05, 0) is 12.1 Å². The zero-order chi connectivity index (χ0) is 13.7. The van der Waals surface area contributed by atoms with E-state index in [-0.39, 0.29) is 30.9 Å². The quantitative estimate of drug-likeness (QED) is 0.617. The van der Waals surface area contributed by atoms with Crippen molar-refractivity contribution >= 4 is 5.97 Å². The van der Waals surface area contributed by atoms with E-state index in [0.717, 1.165) is 0 Å². The number of esters is 1. The summed E-state index contributed by atoms with van der Waals surface area (Å²) in [6, 6.07) is 8.90. The van der Waals surface area contributed by atoms with E-state index in [1.165, 1.54) is 0 Å². The van der Waals surface area contributed by atoms with Crippen LogP contribution in [-0.4, -0.2) is 32.1 Å². The molecular weight excluding hydrogens is 244 g/mol. The van der Waals surface area contributed by atoms with E-state index in [4.69, 9.17) is 14.2 Å². The third-order valence-electron chi connectivity index (χ3n) is 2.99. The van der Waals surface area contributed by atoms with Gasteiger partial charge in [0.05, 0.1) is 5.56 Å². The molecule has 0 amide bonds. The van der Waals surface area contributed by atoms with Crippen molar-refractivity contribution in [2.45, 2.75) is 19.3 Å². The van der Waals surface area contributed by atoms with Gasteiger partial charge in [0.25, 0.3) is 0 Å². The lowest BCUT2D eigenvalue weighted by Gasteiger charge is -2.28. The third-order valence-corrected chi connectivity index (χ3v) is 2.99. The van der Waals surface area contributed by atoms with Gasteiger partial charge in [-0.2, -0.15) is 0 Å². The first kappa shape index (κ1) is 13.8. The van der Waals surface area contributed by atoms with Gasteiger partial charge in [0.2, 0.25) is 0 Å². The van der Waals surface area contributed by atoms with Crippen molar-refractivity contribution in [3.05, 3.63) is 48.0 Å². The first-order valence-corrected chi connectivity index (χ1v) is 6.29. The summed E-state index contributed by atoms with van der Waals surface area (Å²) in [4.78, 5) is 11.8. The van der Waals surface area contributed by atoms with E-state index in [0.29, 0.717) is 5.56 Å². The molecule has 19 heavy (non-hydrogen) atoms. The van der Waals surface area contributed by atoms with Crippen LogP contribution in [0.15, 0.2) is 42.5 Å². The summed E-state index contributed by atoms with van der Waals surface area (Å²) < 4.78 is 16.1. The monoisotopic (exact) mass is 262 g/mol. The molecule has 1 heterocycles. The fraction of sp³-hybridized carbons (Fsp3) is 0.400. The summed E-state index contributed by atoms with van der Waals surface area (Å²) in [5, 5.41) is 0. The molecule has 0 fully saturated rings. The largest absolute Gasteiger partial charge is 0.459 e. The van der Waals surface area contributed by atoms with Gasteiger partial charge in [0.15, 0.2) is 6.29 Å². The molecule has 0 spiro atoms. The summed E-state index contributed by atoms with van der Waals surface area (Å²) in [6.07, 6.45) is 3.37. The molecule has 0 radical (unpaired) electrons. The molecule has 0 aromatic heterocycles. The maximum absolute atomic E-state index is 11.8. The highest BCUT2D eigenvalue weighted by atomic mass is 16.7.